The number of nitrogens with two attached hydrogens (primary N) is 1. The number of fused-ring (bicyclic) bond motifs is 2. The monoisotopic (exact) mass is 490 g/mol. The fourth-order valence-corrected chi connectivity index (χ4v) is 6.03. The van der Waals surface area contributed by atoms with E-state index in [1.54, 1.807) is 6.20 Å². The Hall–Kier alpha value is -4.13. The van der Waals surface area contributed by atoms with E-state index >= 15 is 0 Å². The number of nitrogens with one attached hydrogen (secondary N) is 1. The molecule has 186 valence electrons. The van der Waals surface area contributed by atoms with Crippen molar-refractivity contribution in [1.82, 2.24) is 24.3 Å². The molecule has 0 unspecified atom stereocenters. The van der Waals surface area contributed by atoms with Gasteiger partial charge in [-0.05, 0) is 50.3 Å². The molecule has 2 fully saturated rings. The van der Waals surface area contributed by atoms with Crippen molar-refractivity contribution < 1.29 is 4.79 Å². The lowest BCUT2D eigenvalue weighted by Gasteiger charge is -2.34. The van der Waals surface area contributed by atoms with Gasteiger partial charge in [0.2, 0.25) is 5.91 Å². The summed E-state index contributed by atoms with van der Waals surface area (Å²) in [5.41, 5.74) is 12.1. The number of anilines is 1. The normalized spacial score (nSPS) is 17.5. The number of piperidine rings is 1. The van der Waals surface area contributed by atoms with E-state index in [9.17, 15) is 4.79 Å². The SMILES string of the molecule is Cc1ccc(C2(C(=O)N3CCC(c4nc(-c5cc6ccccc6[nH]5)c5c(N)nccn45)CC3)CC2)cc1. The first-order chi connectivity index (χ1) is 18.0. The Balaban J connectivity index is 1.17. The maximum atomic E-state index is 13.6. The molecule has 0 radical (unpaired) electrons. The van der Waals surface area contributed by atoms with Crippen LogP contribution >= 0.6 is 0 Å². The Kier molecular flexibility index (Phi) is 4.90. The standard InChI is InChI=1S/C30H30N6O/c1-19-6-8-22(9-7-19)30(12-13-30)29(37)35-15-10-20(11-16-35)28-34-25(26-27(31)32-14-17-36(26)28)24-18-21-4-2-3-5-23(21)33-24/h2-9,14,17-18,20,33H,10-13,15-16H2,1H3,(H2,31,32). The first-order valence-corrected chi connectivity index (χ1v) is 13.1. The van der Waals surface area contributed by atoms with E-state index in [1.165, 1.54) is 5.56 Å². The molecular weight excluding hydrogens is 460 g/mol. The van der Waals surface area contributed by atoms with Crippen LogP contribution in [-0.4, -0.2) is 43.2 Å². The fraction of sp³-hybridized carbons (Fsp3) is 0.300. The number of likely N-dealkylation sites (tertiary alicyclic amines) is 1. The Bertz CT molecular complexity index is 1600. The van der Waals surface area contributed by atoms with Crippen LogP contribution in [0.5, 0.6) is 0 Å². The van der Waals surface area contributed by atoms with E-state index in [-0.39, 0.29) is 17.2 Å². The minimum absolute atomic E-state index is 0.242. The Morgan fingerprint density at radius 3 is 2.57 bits per heavy atom. The zero-order valence-electron chi connectivity index (χ0n) is 20.9. The van der Waals surface area contributed by atoms with E-state index < -0.39 is 0 Å². The van der Waals surface area contributed by atoms with Crippen molar-refractivity contribution in [2.45, 2.75) is 43.9 Å². The van der Waals surface area contributed by atoms with Crippen molar-refractivity contribution in [1.29, 1.82) is 0 Å². The third-order valence-corrected chi connectivity index (χ3v) is 8.31. The highest BCUT2D eigenvalue weighted by Crippen LogP contribution is 2.50. The number of carbonyl (C=O) groups is 1. The van der Waals surface area contributed by atoms with Gasteiger partial charge in [0.25, 0.3) is 0 Å². The predicted molar refractivity (Wildman–Crippen MR) is 145 cm³/mol. The van der Waals surface area contributed by atoms with Gasteiger partial charge in [0.1, 0.15) is 22.9 Å². The molecule has 1 amide bonds. The number of para-hydroxylation sites is 1. The number of hydrogen-bond donors (Lipinski definition) is 2. The third-order valence-electron chi connectivity index (χ3n) is 8.31. The minimum atomic E-state index is -0.316. The van der Waals surface area contributed by atoms with Gasteiger partial charge in [-0.3, -0.25) is 9.20 Å². The summed E-state index contributed by atoms with van der Waals surface area (Å²) in [5.74, 6) is 1.99. The quantitative estimate of drug-likeness (QED) is 0.362. The summed E-state index contributed by atoms with van der Waals surface area (Å²) >= 11 is 0. The van der Waals surface area contributed by atoms with Crippen LogP contribution < -0.4 is 5.73 Å². The van der Waals surface area contributed by atoms with E-state index in [1.807, 2.05) is 18.3 Å². The average Bonchev–Trinajstić information content (AvgIpc) is 3.46. The molecule has 2 aromatic carbocycles. The molecule has 7 rings (SSSR count). The molecule has 1 aliphatic heterocycles. The number of aromatic nitrogens is 4. The van der Waals surface area contributed by atoms with E-state index in [4.69, 9.17) is 10.7 Å². The maximum Gasteiger partial charge on any atom is 0.233 e. The zero-order chi connectivity index (χ0) is 25.1. The minimum Gasteiger partial charge on any atom is -0.382 e. The van der Waals surface area contributed by atoms with Crippen LogP contribution in [0, 0.1) is 6.92 Å². The van der Waals surface area contributed by atoms with Gasteiger partial charge < -0.3 is 15.6 Å². The smallest absolute Gasteiger partial charge is 0.233 e. The van der Waals surface area contributed by atoms with Crippen LogP contribution in [0.3, 0.4) is 0 Å². The second kappa shape index (κ2) is 8.20. The highest BCUT2D eigenvalue weighted by atomic mass is 16.2. The summed E-state index contributed by atoms with van der Waals surface area (Å²) in [6, 6.07) is 18.8. The highest BCUT2D eigenvalue weighted by molar-refractivity contribution is 5.92. The number of aryl methyl sites for hydroxylation is 1. The summed E-state index contributed by atoms with van der Waals surface area (Å²) in [6.07, 6.45) is 7.33. The maximum absolute atomic E-state index is 13.6. The van der Waals surface area contributed by atoms with Gasteiger partial charge in [0, 0.05) is 42.3 Å². The second-order valence-corrected chi connectivity index (χ2v) is 10.6. The van der Waals surface area contributed by atoms with Crippen molar-refractivity contribution in [2.75, 3.05) is 18.8 Å². The molecule has 3 N–H and O–H groups in total. The molecule has 5 aromatic rings. The number of carbonyl (C=O) groups excluding carboxylic acids is 1. The van der Waals surface area contributed by atoms with Crippen molar-refractivity contribution in [3.8, 4) is 11.4 Å². The fourth-order valence-electron chi connectivity index (χ4n) is 6.03. The summed E-state index contributed by atoms with van der Waals surface area (Å²) in [7, 11) is 0. The van der Waals surface area contributed by atoms with Gasteiger partial charge in [0.15, 0.2) is 0 Å². The van der Waals surface area contributed by atoms with Crippen molar-refractivity contribution in [3.05, 3.63) is 83.9 Å². The number of H-pyrrole nitrogens is 1. The van der Waals surface area contributed by atoms with Gasteiger partial charge in [-0.2, -0.15) is 0 Å². The topological polar surface area (TPSA) is 92.3 Å². The predicted octanol–water partition coefficient (Wildman–Crippen LogP) is 5.21. The van der Waals surface area contributed by atoms with Crippen molar-refractivity contribution >= 4 is 28.1 Å². The van der Waals surface area contributed by atoms with Gasteiger partial charge in [-0.1, -0.05) is 48.0 Å². The van der Waals surface area contributed by atoms with Gasteiger partial charge in [-0.15, -0.1) is 0 Å². The molecule has 2 aliphatic rings. The zero-order valence-corrected chi connectivity index (χ0v) is 20.9. The van der Waals surface area contributed by atoms with Crippen LogP contribution in [0.15, 0.2) is 67.0 Å². The Morgan fingerprint density at radius 2 is 1.84 bits per heavy atom. The van der Waals surface area contributed by atoms with Crippen LogP contribution in [0.2, 0.25) is 0 Å². The molecule has 3 aromatic heterocycles. The molecule has 0 spiro atoms. The molecular formula is C30H30N6O. The number of nitrogens with zero attached hydrogens (tertiary/aromatic N) is 4. The van der Waals surface area contributed by atoms with Gasteiger partial charge in [-0.25, -0.2) is 9.97 Å². The largest absolute Gasteiger partial charge is 0.382 e. The van der Waals surface area contributed by atoms with Crippen molar-refractivity contribution in [3.63, 3.8) is 0 Å². The van der Waals surface area contributed by atoms with Gasteiger partial charge in [0.05, 0.1) is 11.1 Å². The van der Waals surface area contributed by atoms with Gasteiger partial charge >= 0.3 is 0 Å². The summed E-state index contributed by atoms with van der Waals surface area (Å²) in [4.78, 5) is 28.7. The highest BCUT2D eigenvalue weighted by Gasteiger charge is 2.53. The average molecular weight is 491 g/mol. The van der Waals surface area contributed by atoms with E-state index in [0.29, 0.717) is 5.82 Å². The summed E-state index contributed by atoms with van der Waals surface area (Å²) in [5, 5.41) is 1.14. The molecule has 1 aliphatic carbocycles. The number of imidazole rings is 1. The van der Waals surface area contributed by atoms with E-state index in [0.717, 1.165) is 78.0 Å². The first-order valence-electron chi connectivity index (χ1n) is 13.1. The molecule has 1 saturated carbocycles. The number of benzene rings is 2. The molecule has 1 saturated heterocycles. The third kappa shape index (κ3) is 3.52. The Labute approximate surface area is 215 Å². The van der Waals surface area contributed by atoms with Crippen LogP contribution in [0.4, 0.5) is 5.82 Å². The molecule has 7 heteroatoms. The molecule has 37 heavy (non-hydrogen) atoms. The molecule has 7 nitrogen and oxygen atoms in total. The van der Waals surface area contributed by atoms with Crippen LogP contribution in [-0.2, 0) is 10.2 Å². The number of nitrogen functional groups attached to an aromatic ring is 1. The molecule has 4 heterocycles. The summed E-state index contributed by atoms with van der Waals surface area (Å²) < 4.78 is 2.10. The van der Waals surface area contributed by atoms with Crippen LogP contribution in [0.25, 0.3) is 27.8 Å². The number of aromatic amines is 1. The van der Waals surface area contributed by atoms with Crippen molar-refractivity contribution in [2.24, 2.45) is 0 Å². The first kappa shape index (κ1) is 22.1. The lowest BCUT2D eigenvalue weighted by Crippen LogP contribution is -2.43. The number of amides is 1. The van der Waals surface area contributed by atoms with Crippen LogP contribution in [0.1, 0.15) is 48.6 Å². The number of hydrogen-bond acceptors (Lipinski definition) is 4. The number of rotatable bonds is 4. The summed E-state index contributed by atoms with van der Waals surface area (Å²) in [6.45, 7) is 3.57. The molecule has 0 atom stereocenters. The second-order valence-electron chi connectivity index (χ2n) is 10.6. The van der Waals surface area contributed by atoms with E-state index in [2.05, 4.69) is 68.7 Å². The molecule has 0 bridgehead atoms. The lowest BCUT2D eigenvalue weighted by atomic mass is 9.90. The lowest BCUT2D eigenvalue weighted by molar-refractivity contribution is -0.135. The Morgan fingerprint density at radius 1 is 1.08 bits per heavy atom.